The van der Waals surface area contributed by atoms with E-state index in [-0.39, 0.29) is 6.03 Å². The highest BCUT2D eigenvalue weighted by Crippen LogP contribution is 2.21. The van der Waals surface area contributed by atoms with Crippen molar-refractivity contribution in [2.45, 2.75) is 19.3 Å². The first-order valence-electron chi connectivity index (χ1n) is 6.09. The lowest BCUT2D eigenvalue weighted by atomic mass is 9.90. The first-order valence-corrected chi connectivity index (χ1v) is 6.09. The number of piperidine rings is 1. The molecule has 1 aromatic carbocycles. The smallest absolute Gasteiger partial charge is 0.324 e. The molecule has 0 bridgehead atoms. The van der Waals surface area contributed by atoms with Crippen LogP contribution in [0.15, 0.2) is 30.3 Å². The fourth-order valence-corrected chi connectivity index (χ4v) is 2.38. The molecule has 1 fully saturated rings. The number of likely N-dealkylation sites (tertiary alicyclic amines) is 1. The minimum Gasteiger partial charge on any atom is -0.324 e. The molecule has 0 radical (unpaired) electrons. The number of hydrazine groups is 1. The molecule has 4 heteroatoms. The van der Waals surface area contributed by atoms with Crippen LogP contribution in [0.1, 0.15) is 18.4 Å². The Morgan fingerprint density at radius 2 is 1.94 bits per heavy atom. The average Bonchev–Trinajstić information content (AvgIpc) is 2.40. The van der Waals surface area contributed by atoms with Gasteiger partial charge in [-0.3, -0.25) is 5.43 Å². The monoisotopic (exact) mass is 233 g/mol. The Bertz CT molecular complexity index is 358. The maximum atomic E-state index is 11.3. The lowest BCUT2D eigenvalue weighted by Gasteiger charge is -2.31. The van der Waals surface area contributed by atoms with Crippen molar-refractivity contribution < 1.29 is 4.79 Å². The van der Waals surface area contributed by atoms with Crippen LogP contribution in [0, 0.1) is 5.92 Å². The van der Waals surface area contributed by atoms with Crippen molar-refractivity contribution in [3.05, 3.63) is 35.9 Å². The molecule has 1 saturated heterocycles. The van der Waals surface area contributed by atoms with Gasteiger partial charge in [0.15, 0.2) is 0 Å². The summed E-state index contributed by atoms with van der Waals surface area (Å²) in [5, 5.41) is 0. The fourth-order valence-electron chi connectivity index (χ4n) is 2.38. The number of hydrogen-bond acceptors (Lipinski definition) is 2. The molecule has 1 aliphatic heterocycles. The zero-order valence-corrected chi connectivity index (χ0v) is 9.93. The third-order valence-electron chi connectivity index (χ3n) is 3.39. The molecule has 0 spiro atoms. The maximum absolute atomic E-state index is 11.3. The molecule has 0 atom stereocenters. The molecule has 0 aliphatic carbocycles. The van der Waals surface area contributed by atoms with Gasteiger partial charge < -0.3 is 4.90 Å². The molecule has 17 heavy (non-hydrogen) atoms. The van der Waals surface area contributed by atoms with Gasteiger partial charge in [-0.25, -0.2) is 10.6 Å². The quantitative estimate of drug-likeness (QED) is 0.462. The summed E-state index contributed by atoms with van der Waals surface area (Å²) in [4.78, 5) is 13.1. The van der Waals surface area contributed by atoms with Crippen molar-refractivity contribution in [2.75, 3.05) is 13.1 Å². The second kappa shape index (κ2) is 5.68. The van der Waals surface area contributed by atoms with E-state index in [9.17, 15) is 4.79 Å². The topological polar surface area (TPSA) is 58.4 Å². The van der Waals surface area contributed by atoms with E-state index in [4.69, 9.17) is 5.84 Å². The largest absolute Gasteiger partial charge is 0.331 e. The van der Waals surface area contributed by atoms with Crippen LogP contribution < -0.4 is 11.3 Å². The fraction of sp³-hybridized carbons (Fsp3) is 0.462. The Labute approximate surface area is 102 Å². The molecule has 0 saturated carbocycles. The number of carbonyl (C=O) groups is 1. The Hall–Kier alpha value is -1.55. The number of nitrogens with one attached hydrogen (secondary N) is 1. The first-order chi connectivity index (χ1) is 8.29. The zero-order chi connectivity index (χ0) is 12.1. The van der Waals surface area contributed by atoms with E-state index in [2.05, 4.69) is 29.7 Å². The molecule has 0 aromatic heterocycles. The lowest BCUT2D eigenvalue weighted by Crippen LogP contribution is -2.47. The number of rotatable bonds is 2. The molecule has 2 amide bonds. The normalized spacial score (nSPS) is 16.9. The zero-order valence-electron chi connectivity index (χ0n) is 9.93. The van der Waals surface area contributed by atoms with Gasteiger partial charge in [-0.2, -0.15) is 0 Å². The molecule has 2 rings (SSSR count). The Morgan fingerprint density at radius 1 is 1.29 bits per heavy atom. The molecule has 0 unspecified atom stereocenters. The van der Waals surface area contributed by atoms with Crippen molar-refractivity contribution in [1.29, 1.82) is 0 Å². The van der Waals surface area contributed by atoms with E-state index in [0.29, 0.717) is 5.92 Å². The van der Waals surface area contributed by atoms with Crippen molar-refractivity contribution in [2.24, 2.45) is 11.8 Å². The van der Waals surface area contributed by atoms with Gasteiger partial charge in [-0.1, -0.05) is 30.3 Å². The van der Waals surface area contributed by atoms with Crippen LogP contribution in [0.2, 0.25) is 0 Å². The molecule has 92 valence electrons. The number of urea groups is 1. The predicted molar refractivity (Wildman–Crippen MR) is 67.2 cm³/mol. The SMILES string of the molecule is NNC(=O)N1CCC(Cc2ccccc2)CC1. The van der Waals surface area contributed by atoms with Crippen LogP contribution in [-0.2, 0) is 6.42 Å². The van der Waals surface area contributed by atoms with Crippen molar-refractivity contribution in [3.63, 3.8) is 0 Å². The number of benzene rings is 1. The minimum atomic E-state index is -0.164. The molecular formula is C13H19N3O. The van der Waals surface area contributed by atoms with Gasteiger partial charge in [-0.15, -0.1) is 0 Å². The van der Waals surface area contributed by atoms with Crippen LogP contribution >= 0.6 is 0 Å². The summed E-state index contributed by atoms with van der Waals surface area (Å²) in [6.07, 6.45) is 3.23. The van der Waals surface area contributed by atoms with Crippen LogP contribution in [-0.4, -0.2) is 24.0 Å². The van der Waals surface area contributed by atoms with Gasteiger partial charge in [0, 0.05) is 13.1 Å². The highest BCUT2D eigenvalue weighted by molar-refractivity contribution is 5.73. The molecule has 1 aromatic rings. The summed E-state index contributed by atoms with van der Waals surface area (Å²) in [5.74, 6) is 5.80. The molecular weight excluding hydrogens is 214 g/mol. The number of hydrogen-bond donors (Lipinski definition) is 2. The van der Waals surface area contributed by atoms with Crippen LogP contribution in [0.3, 0.4) is 0 Å². The van der Waals surface area contributed by atoms with E-state index in [1.165, 1.54) is 5.56 Å². The van der Waals surface area contributed by atoms with Crippen LogP contribution in [0.5, 0.6) is 0 Å². The second-order valence-corrected chi connectivity index (χ2v) is 4.57. The number of nitrogens with zero attached hydrogens (tertiary/aromatic N) is 1. The summed E-state index contributed by atoms with van der Waals surface area (Å²) in [6, 6.07) is 10.4. The molecule has 4 nitrogen and oxygen atoms in total. The average molecular weight is 233 g/mol. The summed E-state index contributed by atoms with van der Waals surface area (Å²) in [5.41, 5.74) is 3.57. The number of carbonyl (C=O) groups excluding carboxylic acids is 1. The summed E-state index contributed by atoms with van der Waals surface area (Å²) in [7, 11) is 0. The molecule has 3 N–H and O–H groups in total. The number of nitrogens with two attached hydrogens (primary N) is 1. The maximum Gasteiger partial charge on any atom is 0.331 e. The lowest BCUT2D eigenvalue weighted by molar-refractivity contribution is 0.170. The van der Waals surface area contributed by atoms with Crippen molar-refractivity contribution in [1.82, 2.24) is 10.3 Å². The highest BCUT2D eigenvalue weighted by atomic mass is 16.2. The van der Waals surface area contributed by atoms with Gasteiger partial charge in [0.05, 0.1) is 0 Å². The van der Waals surface area contributed by atoms with E-state index in [1.807, 2.05) is 6.07 Å². The summed E-state index contributed by atoms with van der Waals surface area (Å²) in [6.45, 7) is 1.61. The second-order valence-electron chi connectivity index (χ2n) is 4.57. The Kier molecular flexibility index (Phi) is 3.98. The minimum absolute atomic E-state index is 0.164. The van der Waals surface area contributed by atoms with E-state index in [1.54, 1.807) is 4.90 Å². The van der Waals surface area contributed by atoms with E-state index >= 15 is 0 Å². The third-order valence-corrected chi connectivity index (χ3v) is 3.39. The summed E-state index contributed by atoms with van der Waals surface area (Å²) >= 11 is 0. The van der Waals surface area contributed by atoms with Gasteiger partial charge in [0.25, 0.3) is 0 Å². The molecule has 1 heterocycles. The van der Waals surface area contributed by atoms with Crippen LogP contribution in [0.25, 0.3) is 0 Å². The molecule has 1 aliphatic rings. The first kappa shape index (κ1) is 11.9. The van der Waals surface area contributed by atoms with Gasteiger partial charge in [-0.05, 0) is 30.7 Å². The Balaban J connectivity index is 1.82. The standard InChI is InChI=1S/C13H19N3O/c14-15-13(17)16-8-6-12(7-9-16)10-11-4-2-1-3-5-11/h1-5,12H,6-10,14H2,(H,15,17). The Morgan fingerprint density at radius 3 is 2.53 bits per heavy atom. The van der Waals surface area contributed by atoms with Gasteiger partial charge in [0.2, 0.25) is 0 Å². The van der Waals surface area contributed by atoms with Gasteiger partial charge >= 0.3 is 6.03 Å². The predicted octanol–water partition coefficient (Wildman–Crippen LogP) is 1.52. The van der Waals surface area contributed by atoms with Gasteiger partial charge in [0.1, 0.15) is 0 Å². The highest BCUT2D eigenvalue weighted by Gasteiger charge is 2.22. The van der Waals surface area contributed by atoms with Crippen molar-refractivity contribution in [3.8, 4) is 0 Å². The van der Waals surface area contributed by atoms with E-state index in [0.717, 1.165) is 32.4 Å². The number of amides is 2. The van der Waals surface area contributed by atoms with Crippen LogP contribution in [0.4, 0.5) is 4.79 Å². The van der Waals surface area contributed by atoms with E-state index < -0.39 is 0 Å². The summed E-state index contributed by atoms with van der Waals surface area (Å²) < 4.78 is 0. The van der Waals surface area contributed by atoms with Crippen molar-refractivity contribution >= 4 is 6.03 Å². The third kappa shape index (κ3) is 3.20.